The number of rotatable bonds is 14. The lowest BCUT2D eigenvalue weighted by Crippen LogP contribution is -2.36. The maximum absolute atomic E-state index is 13.0. The van der Waals surface area contributed by atoms with Gasteiger partial charge in [0.05, 0.1) is 6.61 Å². The van der Waals surface area contributed by atoms with Crippen LogP contribution in [0.15, 0.2) is 48.5 Å². The zero-order valence-corrected chi connectivity index (χ0v) is 25.7. The Morgan fingerprint density at radius 3 is 2.11 bits per heavy atom. The molecule has 0 heterocycles. The summed E-state index contributed by atoms with van der Waals surface area (Å²) in [5.74, 6) is -2.67. The Bertz CT molecular complexity index is 1230. The molecule has 2 aliphatic carbocycles. The quantitative estimate of drug-likeness (QED) is 0.127. The summed E-state index contributed by atoms with van der Waals surface area (Å²) in [6.45, 7) is 1.90. The number of benzene rings is 2. The number of hydrogen-bond donors (Lipinski definition) is 1. The molecule has 2 aromatic rings. The third kappa shape index (κ3) is 9.17. The van der Waals surface area contributed by atoms with Gasteiger partial charge in [0.25, 0.3) is 0 Å². The summed E-state index contributed by atoms with van der Waals surface area (Å²) in [4.78, 5) is 11.7. The Labute approximate surface area is 258 Å². The van der Waals surface area contributed by atoms with Crippen molar-refractivity contribution in [2.75, 3.05) is 18.1 Å². The third-order valence-electron chi connectivity index (χ3n) is 8.98. The number of hydrogen-bond acceptors (Lipinski definition) is 5. The second-order valence-electron chi connectivity index (χ2n) is 12.1. The predicted molar refractivity (Wildman–Crippen MR) is 158 cm³/mol. The first-order valence-corrected chi connectivity index (χ1v) is 16.8. The first-order chi connectivity index (χ1) is 20.8. The van der Waals surface area contributed by atoms with Crippen molar-refractivity contribution in [1.29, 1.82) is 0 Å². The van der Waals surface area contributed by atoms with Crippen LogP contribution in [0.3, 0.4) is 0 Å². The number of fused-ring (bicyclic) bond motifs is 1. The summed E-state index contributed by atoms with van der Waals surface area (Å²) in [5.41, 5.74) is 2.36. The van der Waals surface area contributed by atoms with Gasteiger partial charge in [-0.25, -0.2) is 0 Å². The van der Waals surface area contributed by atoms with Crippen molar-refractivity contribution in [3.8, 4) is 11.5 Å². The Morgan fingerprint density at radius 1 is 0.864 bits per heavy atom. The number of carbonyl (C=O) groups excluding carboxylic acids is 1. The van der Waals surface area contributed by atoms with Crippen LogP contribution in [-0.2, 0) is 20.3 Å². The molecule has 44 heavy (non-hydrogen) atoms. The first-order valence-electron chi connectivity index (χ1n) is 15.3. The maximum atomic E-state index is 13.0. The summed E-state index contributed by atoms with van der Waals surface area (Å²) in [6, 6.07) is 15.5. The normalized spacial score (nSPS) is 24.5. The van der Waals surface area contributed by atoms with Crippen LogP contribution in [0.5, 0.6) is 11.5 Å². The third-order valence-corrected chi connectivity index (χ3v) is 10.5. The number of phenolic OH excluding ortho intramolecular Hbond substituents is 1. The van der Waals surface area contributed by atoms with Crippen LogP contribution in [0.4, 0.5) is 22.0 Å². The van der Waals surface area contributed by atoms with Crippen molar-refractivity contribution in [1.82, 2.24) is 0 Å². The average Bonchev–Trinajstić information content (AvgIpc) is 3.35. The van der Waals surface area contributed by atoms with Crippen LogP contribution >= 0.6 is 0 Å². The van der Waals surface area contributed by atoms with E-state index >= 15 is 0 Å². The van der Waals surface area contributed by atoms with Crippen LogP contribution in [0.1, 0.15) is 87.7 Å². The van der Waals surface area contributed by atoms with Gasteiger partial charge >= 0.3 is 18.1 Å². The van der Waals surface area contributed by atoms with Crippen molar-refractivity contribution in [2.45, 2.75) is 94.7 Å². The zero-order valence-electron chi connectivity index (χ0n) is 24.9. The Morgan fingerprint density at radius 2 is 1.48 bits per heavy atom. The second-order valence-corrected chi connectivity index (χ2v) is 13.8. The van der Waals surface area contributed by atoms with Gasteiger partial charge in [0.2, 0.25) is 0 Å². The molecule has 0 bridgehead atoms. The summed E-state index contributed by atoms with van der Waals surface area (Å²) in [5, 5.41) is 9.83. The van der Waals surface area contributed by atoms with Gasteiger partial charge in [-0.2, -0.15) is 22.0 Å². The van der Waals surface area contributed by atoms with Gasteiger partial charge in [-0.3, -0.25) is 9.00 Å². The fraction of sp³-hybridized carbons (Fsp3) is 0.606. The molecule has 2 aliphatic rings. The molecule has 11 heteroatoms. The summed E-state index contributed by atoms with van der Waals surface area (Å²) < 4.78 is 86.2. The molecule has 5 nitrogen and oxygen atoms in total. The monoisotopic (exact) mass is 644 g/mol. The minimum absolute atomic E-state index is 0.0556. The number of carbonyl (C=O) groups is 1. The van der Waals surface area contributed by atoms with Crippen LogP contribution in [0.25, 0.3) is 0 Å². The first kappa shape index (κ1) is 34.2. The second kappa shape index (κ2) is 15.1. The molecular formula is C33H41F5O5S. The fourth-order valence-corrected chi connectivity index (χ4v) is 7.95. The molecule has 244 valence electrons. The number of unbranched alkanes of at least 4 members (excludes halogenated alkanes) is 2. The van der Waals surface area contributed by atoms with E-state index in [0.29, 0.717) is 37.7 Å². The van der Waals surface area contributed by atoms with E-state index in [9.17, 15) is 36.1 Å². The van der Waals surface area contributed by atoms with Gasteiger partial charge in [0, 0.05) is 35.6 Å². The molecular weight excluding hydrogens is 603 g/mol. The summed E-state index contributed by atoms with van der Waals surface area (Å²) in [6.07, 6.45) is -1.65. The standard InChI is InChI=1S/C33H41F5O5S/c1-22(39)43-31-15-10-25-20-28(23-6-11-26(40)12-7-23)29(21-30(25)31)24-8-13-27(14-9-24)42-17-3-2-4-18-44(41)19-5-16-32(34,35)33(36,37)38/h6-9,11-14,25,28-31,40H,2-5,10,15-21H2,1H3/t25-,28+,29-,30-,31+,44?/m1/s1. The lowest BCUT2D eigenvalue weighted by Gasteiger charge is -2.40. The number of esters is 1. The molecule has 0 aromatic heterocycles. The molecule has 0 radical (unpaired) electrons. The minimum Gasteiger partial charge on any atom is -0.508 e. The lowest BCUT2D eigenvalue weighted by atomic mass is 9.65. The molecule has 6 atom stereocenters. The van der Waals surface area contributed by atoms with E-state index in [0.717, 1.165) is 31.4 Å². The molecule has 1 N–H and O–H groups in total. The number of aromatic hydroxyl groups is 1. The van der Waals surface area contributed by atoms with Crippen LogP contribution in [-0.4, -0.2) is 51.6 Å². The Balaban J connectivity index is 1.25. The van der Waals surface area contributed by atoms with Crippen molar-refractivity contribution in [3.05, 3.63) is 59.7 Å². The molecule has 2 fully saturated rings. The molecule has 0 aliphatic heterocycles. The van der Waals surface area contributed by atoms with Crippen LogP contribution in [0, 0.1) is 11.8 Å². The topological polar surface area (TPSA) is 72.8 Å². The highest BCUT2D eigenvalue weighted by molar-refractivity contribution is 7.84. The van der Waals surface area contributed by atoms with Crippen molar-refractivity contribution in [2.24, 2.45) is 11.8 Å². The predicted octanol–water partition coefficient (Wildman–Crippen LogP) is 8.29. The molecule has 0 saturated heterocycles. The summed E-state index contributed by atoms with van der Waals surface area (Å²) >= 11 is 0. The molecule has 0 amide bonds. The van der Waals surface area contributed by atoms with Gasteiger partial charge < -0.3 is 14.6 Å². The van der Waals surface area contributed by atoms with Gasteiger partial charge in [0.15, 0.2) is 0 Å². The van der Waals surface area contributed by atoms with E-state index < -0.39 is 35.7 Å². The Hall–Kier alpha value is -2.69. The molecule has 2 saturated carbocycles. The Kier molecular flexibility index (Phi) is 11.7. The molecule has 2 aromatic carbocycles. The highest BCUT2D eigenvalue weighted by Gasteiger charge is 2.56. The number of alkyl halides is 5. The van der Waals surface area contributed by atoms with Gasteiger partial charge in [-0.1, -0.05) is 24.3 Å². The van der Waals surface area contributed by atoms with E-state index in [4.69, 9.17) is 9.47 Å². The molecule has 4 rings (SSSR count). The van der Waals surface area contributed by atoms with Gasteiger partial charge in [0.1, 0.15) is 17.6 Å². The van der Waals surface area contributed by atoms with Crippen LogP contribution in [0.2, 0.25) is 0 Å². The smallest absolute Gasteiger partial charge is 0.453 e. The average molecular weight is 645 g/mol. The van der Waals surface area contributed by atoms with E-state index in [1.54, 1.807) is 12.1 Å². The van der Waals surface area contributed by atoms with E-state index in [2.05, 4.69) is 12.1 Å². The van der Waals surface area contributed by atoms with Crippen molar-refractivity contribution < 1.29 is 45.5 Å². The zero-order chi connectivity index (χ0) is 31.9. The SMILES string of the molecule is CC(=O)O[C@H]1CC[C@@H]2C[C@@H](c3ccc(O)cc3)[C@@H](c3ccc(OCCCCCS(=O)CCCC(F)(F)C(F)(F)F)cc3)C[C@H]21. The molecule has 1 unspecified atom stereocenters. The van der Waals surface area contributed by atoms with E-state index in [-0.39, 0.29) is 41.2 Å². The van der Waals surface area contributed by atoms with Crippen molar-refractivity contribution in [3.63, 3.8) is 0 Å². The highest BCUT2D eigenvalue weighted by atomic mass is 32.2. The summed E-state index contributed by atoms with van der Waals surface area (Å²) in [7, 11) is -1.43. The molecule has 0 spiro atoms. The lowest BCUT2D eigenvalue weighted by molar-refractivity contribution is -0.284. The van der Waals surface area contributed by atoms with Gasteiger partial charge in [-0.15, -0.1) is 0 Å². The van der Waals surface area contributed by atoms with Crippen molar-refractivity contribution >= 4 is 16.8 Å². The minimum atomic E-state index is -5.57. The van der Waals surface area contributed by atoms with Crippen LogP contribution < -0.4 is 4.74 Å². The van der Waals surface area contributed by atoms with E-state index in [1.807, 2.05) is 24.3 Å². The van der Waals surface area contributed by atoms with E-state index in [1.165, 1.54) is 18.1 Å². The number of halogens is 5. The largest absolute Gasteiger partial charge is 0.508 e. The number of phenols is 1. The highest BCUT2D eigenvalue weighted by Crippen LogP contribution is 2.54. The maximum Gasteiger partial charge on any atom is 0.453 e. The fourth-order valence-electron chi connectivity index (χ4n) is 6.75. The number of ether oxygens (including phenoxy) is 2. The van der Waals surface area contributed by atoms with Gasteiger partial charge in [-0.05, 0) is 110 Å².